The first-order valence-corrected chi connectivity index (χ1v) is 13.2. The van der Waals surface area contributed by atoms with Crippen LogP contribution >= 0.6 is 0 Å². The van der Waals surface area contributed by atoms with Crippen molar-refractivity contribution in [2.45, 2.75) is 64.3 Å². The minimum absolute atomic E-state index is 0.0300. The molecule has 0 saturated carbocycles. The van der Waals surface area contributed by atoms with Crippen LogP contribution in [0.4, 0.5) is 5.69 Å². The van der Waals surface area contributed by atoms with Gasteiger partial charge < -0.3 is 9.80 Å². The molecule has 0 aliphatic carbocycles. The Labute approximate surface area is 191 Å². The van der Waals surface area contributed by atoms with E-state index in [0.29, 0.717) is 44.2 Å². The molecule has 0 spiro atoms. The van der Waals surface area contributed by atoms with Crippen molar-refractivity contribution in [3.8, 4) is 0 Å². The van der Waals surface area contributed by atoms with Gasteiger partial charge in [-0.3, -0.25) is 9.59 Å². The Hall–Kier alpha value is -1.93. The second-order valence-corrected chi connectivity index (χ2v) is 12.0. The Morgan fingerprint density at radius 1 is 1.00 bits per heavy atom. The lowest BCUT2D eigenvalue weighted by molar-refractivity contribution is -0.139. The van der Waals surface area contributed by atoms with E-state index in [1.54, 1.807) is 23.1 Å². The van der Waals surface area contributed by atoms with Crippen LogP contribution in [0, 0.1) is 17.8 Å². The second-order valence-electron chi connectivity index (χ2n) is 10.1. The van der Waals surface area contributed by atoms with Gasteiger partial charge in [0, 0.05) is 50.7 Å². The van der Waals surface area contributed by atoms with Gasteiger partial charge in [0.25, 0.3) is 0 Å². The van der Waals surface area contributed by atoms with Gasteiger partial charge >= 0.3 is 0 Å². The van der Waals surface area contributed by atoms with E-state index in [-0.39, 0.29) is 28.7 Å². The molecule has 2 saturated heterocycles. The molecular weight excluding hydrogens is 426 g/mol. The molecule has 0 bridgehead atoms. The molecule has 2 fully saturated rings. The normalized spacial score (nSPS) is 27.4. The first kappa shape index (κ1) is 23.2. The summed E-state index contributed by atoms with van der Waals surface area (Å²) < 4.78 is 28.1. The van der Waals surface area contributed by atoms with E-state index in [0.717, 1.165) is 30.8 Å². The van der Waals surface area contributed by atoms with Crippen molar-refractivity contribution in [1.29, 1.82) is 0 Å². The molecule has 0 unspecified atom stereocenters. The van der Waals surface area contributed by atoms with E-state index in [1.807, 2.05) is 11.8 Å². The fourth-order valence-corrected chi connectivity index (χ4v) is 7.36. The molecule has 0 aromatic heterocycles. The zero-order chi connectivity index (χ0) is 23.2. The number of carbonyl (C=O) groups is 2. The van der Waals surface area contributed by atoms with Crippen LogP contribution in [0.2, 0.25) is 0 Å². The van der Waals surface area contributed by atoms with Gasteiger partial charge in [-0.05, 0) is 68.2 Å². The highest BCUT2D eigenvalue weighted by Gasteiger charge is 2.36. The van der Waals surface area contributed by atoms with Crippen LogP contribution < -0.4 is 4.90 Å². The lowest BCUT2D eigenvalue weighted by atomic mass is 9.89. The summed E-state index contributed by atoms with van der Waals surface area (Å²) in [5.74, 6) is 1.10. The zero-order valence-electron chi connectivity index (χ0n) is 19.6. The van der Waals surface area contributed by atoms with Gasteiger partial charge in [0.05, 0.1) is 4.90 Å². The number of piperidine rings is 2. The zero-order valence-corrected chi connectivity index (χ0v) is 20.4. The monoisotopic (exact) mass is 461 g/mol. The summed E-state index contributed by atoms with van der Waals surface area (Å²) in [6.07, 6.45) is 2.94. The number of hydrogen-bond acceptors (Lipinski definition) is 4. The predicted molar refractivity (Wildman–Crippen MR) is 124 cm³/mol. The molecule has 7 nitrogen and oxygen atoms in total. The number of rotatable bonds is 3. The molecule has 3 aliphatic heterocycles. The quantitative estimate of drug-likeness (QED) is 0.693. The third-order valence-electron chi connectivity index (χ3n) is 7.23. The highest BCUT2D eigenvalue weighted by molar-refractivity contribution is 7.89. The first-order valence-electron chi connectivity index (χ1n) is 11.8. The summed E-state index contributed by atoms with van der Waals surface area (Å²) in [6, 6.07) is 5.11. The maximum Gasteiger partial charge on any atom is 0.243 e. The lowest BCUT2D eigenvalue weighted by Gasteiger charge is -2.39. The van der Waals surface area contributed by atoms with Crippen LogP contribution in [0.5, 0.6) is 0 Å². The molecule has 4 rings (SSSR count). The van der Waals surface area contributed by atoms with Gasteiger partial charge in [0.2, 0.25) is 21.8 Å². The number of anilines is 1. The molecule has 1 aromatic rings. The van der Waals surface area contributed by atoms with E-state index in [2.05, 4.69) is 13.8 Å². The van der Waals surface area contributed by atoms with Crippen LogP contribution in [0.25, 0.3) is 0 Å². The molecule has 8 heteroatoms. The Bertz CT molecular complexity index is 990. The van der Waals surface area contributed by atoms with Crippen LogP contribution in [0.3, 0.4) is 0 Å². The standard InChI is InChI=1S/C24H35N3O4S/c1-16-11-17(2)15-25(14-16)24(29)20-7-9-26(10-8-20)32(30,31)22-5-6-23-21(13-22)12-18(3)27(23)19(4)28/h5-6,13,16-18,20H,7-12,14-15H2,1-4H3/t16-,17-,18+/m1/s1. The van der Waals surface area contributed by atoms with E-state index in [4.69, 9.17) is 0 Å². The van der Waals surface area contributed by atoms with E-state index in [9.17, 15) is 18.0 Å². The van der Waals surface area contributed by atoms with E-state index in [1.165, 1.54) is 11.2 Å². The molecule has 0 N–H and O–H groups in total. The summed E-state index contributed by atoms with van der Waals surface area (Å²) in [4.78, 5) is 29.0. The maximum atomic E-state index is 13.3. The molecule has 3 atom stereocenters. The van der Waals surface area contributed by atoms with Gasteiger partial charge in [-0.15, -0.1) is 0 Å². The van der Waals surface area contributed by atoms with Crippen molar-refractivity contribution in [3.63, 3.8) is 0 Å². The van der Waals surface area contributed by atoms with Crippen molar-refractivity contribution < 1.29 is 18.0 Å². The van der Waals surface area contributed by atoms with Gasteiger partial charge in [-0.1, -0.05) is 13.8 Å². The molecule has 1 aromatic carbocycles. The molecule has 3 heterocycles. The highest BCUT2D eigenvalue weighted by atomic mass is 32.2. The van der Waals surface area contributed by atoms with E-state index >= 15 is 0 Å². The van der Waals surface area contributed by atoms with Gasteiger partial charge in [0.1, 0.15) is 0 Å². The fraction of sp³-hybridized carbons (Fsp3) is 0.667. The summed E-state index contributed by atoms with van der Waals surface area (Å²) in [5, 5.41) is 0. The maximum absolute atomic E-state index is 13.3. The SMILES string of the molecule is CC(=O)N1c2ccc(S(=O)(=O)N3CCC(C(=O)N4C[C@H](C)C[C@@H](C)C4)CC3)cc2C[C@@H]1C. The lowest BCUT2D eigenvalue weighted by Crippen LogP contribution is -2.48. The minimum Gasteiger partial charge on any atom is -0.342 e. The number of likely N-dealkylation sites (tertiary alicyclic amines) is 1. The number of amides is 2. The third kappa shape index (κ3) is 4.31. The van der Waals surface area contributed by atoms with Crippen molar-refractivity contribution in [3.05, 3.63) is 23.8 Å². The third-order valence-corrected chi connectivity index (χ3v) is 9.12. The van der Waals surface area contributed by atoms with Crippen LogP contribution in [0.15, 0.2) is 23.1 Å². The summed E-state index contributed by atoms with van der Waals surface area (Å²) in [6.45, 7) is 10.2. The van der Waals surface area contributed by atoms with Crippen molar-refractivity contribution in [2.75, 3.05) is 31.1 Å². The van der Waals surface area contributed by atoms with Gasteiger partial charge in [0.15, 0.2) is 0 Å². The predicted octanol–water partition coefficient (Wildman–Crippen LogP) is 2.89. The molecule has 2 amide bonds. The van der Waals surface area contributed by atoms with Crippen molar-refractivity contribution in [1.82, 2.24) is 9.21 Å². The van der Waals surface area contributed by atoms with Crippen LogP contribution in [-0.4, -0.2) is 61.7 Å². The van der Waals surface area contributed by atoms with Crippen LogP contribution in [0.1, 0.15) is 52.5 Å². The molecule has 176 valence electrons. The van der Waals surface area contributed by atoms with E-state index < -0.39 is 10.0 Å². The first-order chi connectivity index (χ1) is 15.1. The second kappa shape index (κ2) is 8.78. The Balaban J connectivity index is 1.43. The Kier molecular flexibility index (Phi) is 6.38. The molecule has 3 aliphatic rings. The summed E-state index contributed by atoms with van der Waals surface area (Å²) >= 11 is 0. The molecular formula is C24H35N3O4S. The topological polar surface area (TPSA) is 78.0 Å². The van der Waals surface area contributed by atoms with Crippen molar-refractivity contribution in [2.24, 2.45) is 17.8 Å². The van der Waals surface area contributed by atoms with Crippen molar-refractivity contribution >= 4 is 27.5 Å². The number of hydrogen-bond donors (Lipinski definition) is 0. The smallest absolute Gasteiger partial charge is 0.243 e. The van der Waals surface area contributed by atoms with Gasteiger partial charge in [-0.25, -0.2) is 8.42 Å². The minimum atomic E-state index is -3.63. The average Bonchev–Trinajstić information content (AvgIpc) is 3.07. The number of sulfonamides is 1. The number of fused-ring (bicyclic) bond motifs is 1. The fourth-order valence-electron chi connectivity index (χ4n) is 5.84. The largest absolute Gasteiger partial charge is 0.342 e. The molecule has 0 radical (unpaired) electrons. The Morgan fingerprint density at radius 2 is 1.62 bits per heavy atom. The summed E-state index contributed by atoms with van der Waals surface area (Å²) in [7, 11) is -3.63. The average molecular weight is 462 g/mol. The van der Waals surface area contributed by atoms with Gasteiger partial charge in [-0.2, -0.15) is 4.31 Å². The molecule has 32 heavy (non-hydrogen) atoms. The summed E-state index contributed by atoms with van der Waals surface area (Å²) in [5.41, 5.74) is 1.70. The number of nitrogens with zero attached hydrogens (tertiary/aromatic N) is 3. The Morgan fingerprint density at radius 3 is 2.22 bits per heavy atom. The number of benzene rings is 1. The number of carbonyl (C=O) groups excluding carboxylic acids is 2. The highest BCUT2D eigenvalue weighted by Crippen LogP contribution is 2.35. The van der Waals surface area contributed by atoms with Crippen LogP contribution in [-0.2, 0) is 26.0 Å².